The van der Waals surface area contributed by atoms with Gasteiger partial charge < -0.3 is 10.6 Å². The number of nitrogens with two attached hydrogens (primary N) is 1. The summed E-state index contributed by atoms with van der Waals surface area (Å²) in [5.74, 6) is 2.74. The third-order valence-corrected chi connectivity index (χ3v) is 2.58. The first-order chi connectivity index (χ1) is 6.41. The van der Waals surface area contributed by atoms with Crippen molar-refractivity contribution >= 4 is 5.91 Å². The van der Waals surface area contributed by atoms with E-state index >= 15 is 0 Å². The molecule has 0 aliphatic rings. The molecule has 0 aliphatic carbocycles. The lowest BCUT2D eigenvalue weighted by molar-refractivity contribution is -0.133. The molecule has 0 aromatic heterocycles. The highest BCUT2D eigenvalue weighted by Crippen LogP contribution is 2.09. The molecule has 0 radical (unpaired) electrons. The Bertz CT molecular complexity index is 230. The fourth-order valence-electron chi connectivity index (χ4n) is 1.12. The predicted molar refractivity (Wildman–Crippen MR) is 58.5 cm³/mol. The maximum absolute atomic E-state index is 11.7. The Morgan fingerprint density at radius 2 is 2.00 bits per heavy atom. The largest absolute Gasteiger partial charge is 0.341 e. The molecule has 0 saturated heterocycles. The van der Waals surface area contributed by atoms with Crippen LogP contribution in [0.3, 0.4) is 0 Å². The third kappa shape index (κ3) is 3.39. The number of carbonyl (C=O) groups is 1. The molecule has 0 spiro atoms. The molecule has 0 heterocycles. The number of likely N-dealkylation sites (N-methyl/N-ethyl adjacent to an activating group) is 1. The molecule has 2 N–H and O–H groups in total. The van der Waals surface area contributed by atoms with Crippen LogP contribution in [-0.4, -0.2) is 29.9 Å². The second-order valence-electron chi connectivity index (χ2n) is 3.95. The summed E-state index contributed by atoms with van der Waals surface area (Å²) in [6.07, 6.45) is 5.40. The average Bonchev–Trinajstić information content (AvgIpc) is 2.14. The number of nitrogens with zero attached hydrogens (tertiary/aromatic N) is 1. The molecular formula is C11H20N2O. The van der Waals surface area contributed by atoms with Gasteiger partial charge in [-0.15, -0.1) is 12.3 Å². The monoisotopic (exact) mass is 196 g/mol. The number of hydrogen-bond donors (Lipinski definition) is 1. The standard InChI is InChI=1S/C11H20N2O/c1-6-7-10(12)11(14)13(5)9(4)8(2)3/h1,8-10H,7,12H2,2-5H3. The number of rotatable bonds is 4. The average molecular weight is 196 g/mol. The molecule has 2 atom stereocenters. The maximum atomic E-state index is 11.7. The highest BCUT2D eigenvalue weighted by molar-refractivity contribution is 5.82. The molecular weight excluding hydrogens is 176 g/mol. The minimum absolute atomic E-state index is 0.0795. The molecule has 3 heteroatoms. The highest BCUT2D eigenvalue weighted by Gasteiger charge is 2.22. The van der Waals surface area contributed by atoms with Crippen LogP contribution in [0.2, 0.25) is 0 Å². The van der Waals surface area contributed by atoms with Crippen LogP contribution in [-0.2, 0) is 4.79 Å². The van der Waals surface area contributed by atoms with Crippen LogP contribution in [0.25, 0.3) is 0 Å². The second kappa shape index (κ2) is 5.66. The summed E-state index contributed by atoms with van der Waals surface area (Å²) in [6.45, 7) is 6.15. The lowest BCUT2D eigenvalue weighted by Crippen LogP contribution is -2.47. The van der Waals surface area contributed by atoms with Crippen LogP contribution in [0.15, 0.2) is 0 Å². The van der Waals surface area contributed by atoms with Crippen molar-refractivity contribution in [3.8, 4) is 12.3 Å². The van der Waals surface area contributed by atoms with E-state index in [1.165, 1.54) is 0 Å². The third-order valence-electron chi connectivity index (χ3n) is 2.58. The van der Waals surface area contributed by atoms with E-state index in [0.717, 1.165) is 0 Å². The van der Waals surface area contributed by atoms with Crippen molar-refractivity contribution in [3.05, 3.63) is 0 Å². The van der Waals surface area contributed by atoms with Gasteiger partial charge in [-0.05, 0) is 12.8 Å². The summed E-state index contributed by atoms with van der Waals surface area (Å²) >= 11 is 0. The van der Waals surface area contributed by atoms with Gasteiger partial charge in [-0.1, -0.05) is 13.8 Å². The Morgan fingerprint density at radius 3 is 2.36 bits per heavy atom. The quantitative estimate of drug-likeness (QED) is 0.677. The zero-order chi connectivity index (χ0) is 11.3. The number of amides is 1. The van der Waals surface area contributed by atoms with Crippen molar-refractivity contribution in [1.29, 1.82) is 0 Å². The molecule has 14 heavy (non-hydrogen) atoms. The Kier molecular flexibility index (Phi) is 5.26. The molecule has 0 aliphatic heterocycles. The second-order valence-corrected chi connectivity index (χ2v) is 3.95. The van der Waals surface area contributed by atoms with Crippen molar-refractivity contribution in [2.24, 2.45) is 11.7 Å². The molecule has 0 saturated carbocycles. The van der Waals surface area contributed by atoms with Crippen molar-refractivity contribution in [3.63, 3.8) is 0 Å². The van der Waals surface area contributed by atoms with Crippen molar-refractivity contribution in [2.75, 3.05) is 7.05 Å². The van der Waals surface area contributed by atoms with Gasteiger partial charge in [-0.2, -0.15) is 0 Å². The van der Waals surface area contributed by atoms with Gasteiger partial charge in [0.25, 0.3) is 0 Å². The van der Waals surface area contributed by atoms with E-state index in [0.29, 0.717) is 12.3 Å². The maximum Gasteiger partial charge on any atom is 0.240 e. The van der Waals surface area contributed by atoms with Gasteiger partial charge in [0.05, 0.1) is 6.04 Å². The minimum atomic E-state index is -0.564. The molecule has 1 amide bonds. The van der Waals surface area contributed by atoms with Gasteiger partial charge in [0.2, 0.25) is 5.91 Å². The Morgan fingerprint density at radius 1 is 1.50 bits per heavy atom. The minimum Gasteiger partial charge on any atom is -0.341 e. The topological polar surface area (TPSA) is 46.3 Å². The van der Waals surface area contributed by atoms with E-state index in [4.69, 9.17) is 12.2 Å². The van der Waals surface area contributed by atoms with Gasteiger partial charge in [-0.25, -0.2) is 0 Å². The zero-order valence-corrected chi connectivity index (χ0v) is 9.45. The van der Waals surface area contributed by atoms with Gasteiger partial charge in [-0.3, -0.25) is 4.79 Å². The van der Waals surface area contributed by atoms with Crippen LogP contribution in [0, 0.1) is 18.3 Å². The predicted octanol–water partition coefficient (Wildman–Crippen LogP) is 0.840. The van der Waals surface area contributed by atoms with Crippen LogP contribution in [0.1, 0.15) is 27.2 Å². The summed E-state index contributed by atoms with van der Waals surface area (Å²) in [4.78, 5) is 13.4. The van der Waals surface area contributed by atoms with Crippen LogP contribution < -0.4 is 5.73 Å². The summed E-state index contributed by atoms with van der Waals surface area (Å²) in [5.41, 5.74) is 5.63. The van der Waals surface area contributed by atoms with Gasteiger partial charge >= 0.3 is 0 Å². The van der Waals surface area contributed by atoms with E-state index in [9.17, 15) is 4.79 Å². The van der Waals surface area contributed by atoms with E-state index in [1.54, 1.807) is 11.9 Å². The van der Waals surface area contributed by atoms with Crippen molar-refractivity contribution < 1.29 is 4.79 Å². The summed E-state index contributed by atoms with van der Waals surface area (Å²) in [6, 6.07) is -0.377. The number of terminal acetylenes is 1. The Balaban J connectivity index is 4.32. The summed E-state index contributed by atoms with van der Waals surface area (Å²) in [7, 11) is 1.77. The van der Waals surface area contributed by atoms with Crippen LogP contribution in [0.4, 0.5) is 0 Å². The van der Waals surface area contributed by atoms with Gasteiger partial charge in [0, 0.05) is 19.5 Å². The SMILES string of the molecule is C#CCC(N)C(=O)N(C)C(C)C(C)C. The van der Waals surface area contributed by atoms with E-state index in [1.807, 2.05) is 6.92 Å². The molecule has 0 bridgehead atoms. The molecule has 0 fully saturated rings. The summed E-state index contributed by atoms with van der Waals surface area (Å²) in [5, 5.41) is 0. The van der Waals surface area contributed by atoms with Crippen molar-refractivity contribution in [1.82, 2.24) is 4.90 Å². The fourth-order valence-corrected chi connectivity index (χ4v) is 1.12. The first kappa shape index (κ1) is 13.0. The lowest BCUT2D eigenvalue weighted by atomic mass is 10.0. The first-order valence-electron chi connectivity index (χ1n) is 4.87. The van der Waals surface area contributed by atoms with Crippen molar-refractivity contribution in [2.45, 2.75) is 39.3 Å². The van der Waals surface area contributed by atoms with E-state index < -0.39 is 6.04 Å². The highest BCUT2D eigenvalue weighted by atomic mass is 16.2. The van der Waals surface area contributed by atoms with E-state index in [2.05, 4.69) is 19.8 Å². The smallest absolute Gasteiger partial charge is 0.240 e. The zero-order valence-electron chi connectivity index (χ0n) is 9.45. The van der Waals surface area contributed by atoms with Crippen LogP contribution >= 0.6 is 0 Å². The first-order valence-corrected chi connectivity index (χ1v) is 4.87. The normalized spacial score (nSPS) is 14.6. The molecule has 0 rings (SSSR count). The number of hydrogen-bond acceptors (Lipinski definition) is 2. The molecule has 0 aromatic rings. The molecule has 0 aromatic carbocycles. The molecule has 3 nitrogen and oxygen atoms in total. The Hall–Kier alpha value is -1.01. The summed E-state index contributed by atoms with van der Waals surface area (Å²) < 4.78 is 0. The Labute approximate surface area is 86.6 Å². The van der Waals surface area contributed by atoms with Crippen LogP contribution in [0.5, 0.6) is 0 Å². The molecule has 2 unspecified atom stereocenters. The molecule has 80 valence electrons. The number of carbonyl (C=O) groups excluding carboxylic acids is 1. The fraction of sp³-hybridized carbons (Fsp3) is 0.727. The van der Waals surface area contributed by atoms with Gasteiger partial charge in [0.1, 0.15) is 0 Å². The van der Waals surface area contributed by atoms with E-state index in [-0.39, 0.29) is 11.9 Å². The van der Waals surface area contributed by atoms with Gasteiger partial charge in [0.15, 0.2) is 0 Å². The lowest BCUT2D eigenvalue weighted by Gasteiger charge is -2.29.